The zero-order valence-electron chi connectivity index (χ0n) is 9.55. The van der Waals surface area contributed by atoms with Gasteiger partial charge in [-0.05, 0) is 19.4 Å². The first-order valence-electron chi connectivity index (χ1n) is 5.33. The molecule has 0 aromatic carbocycles. The lowest BCUT2D eigenvalue weighted by atomic mass is 10.0. The molecule has 0 aliphatic carbocycles. The summed E-state index contributed by atoms with van der Waals surface area (Å²) in [6.07, 6.45) is -3.20. The summed E-state index contributed by atoms with van der Waals surface area (Å²) >= 11 is 0. The number of hydrogen-bond donors (Lipinski definition) is 2. The summed E-state index contributed by atoms with van der Waals surface area (Å²) in [6.45, 7) is 2.96. The maximum Gasteiger partial charge on any atom is 0.188 e. The number of ether oxygens (including phenoxy) is 3. The van der Waals surface area contributed by atoms with Gasteiger partial charge in [-0.15, -0.1) is 0 Å². The smallest absolute Gasteiger partial charge is 0.188 e. The lowest BCUT2D eigenvalue weighted by Gasteiger charge is -2.25. The Morgan fingerprint density at radius 2 is 2.18 bits per heavy atom. The minimum absolute atomic E-state index is 0.481. The second-order valence-electron chi connectivity index (χ2n) is 4.51. The number of azide groups is 1. The third-order valence-electron chi connectivity index (χ3n) is 2.80. The van der Waals surface area contributed by atoms with E-state index in [2.05, 4.69) is 10.0 Å². The summed E-state index contributed by atoms with van der Waals surface area (Å²) < 4.78 is 16.4. The molecular formula is C9H15N3O5. The number of fused-ring (bicyclic) bond motifs is 1. The van der Waals surface area contributed by atoms with E-state index in [-0.39, 0.29) is 0 Å². The van der Waals surface area contributed by atoms with E-state index in [0.717, 1.165) is 0 Å². The quantitative estimate of drug-likeness (QED) is 0.409. The Morgan fingerprint density at radius 3 is 2.76 bits per heavy atom. The van der Waals surface area contributed by atoms with Gasteiger partial charge >= 0.3 is 0 Å². The SMILES string of the molecule is CC1(C)O[C@H]2O[C@H]([C@H](O)CO)[C@@H](N=[N+]=[N-])[C@H]2O1. The van der Waals surface area contributed by atoms with E-state index in [9.17, 15) is 5.11 Å². The van der Waals surface area contributed by atoms with Gasteiger partial charge in [0.15, 0.2) is 12.1 Å². The maximum atomic E-state index is 9.57. The van der Waals surface area contributed by atoms with Gasteiger partial charge in [0.2, 0.25) is 0 Å². The van der Waals surface area contributed by atoms with E-state index in [4.69, 9.17) is 24.8 Å². The van der Waals surface area contributed by atoms with Crippen molar-refractivity contribution in [3.05, 3.63) is 10.4 Å². The molecule has 0 aromatic heterocycles. The molecule has 0 bridgehead atoms. The lowest BCUT2D eigenvalue weighted by Crippen LogP contribution is -2.41. The zero-order valence-corrected chi connectivity index (χ0v) is 9.55. The van der Waals surface area contributed by atoms with E-state index in [0.29, 0.717) is 0 Å². The molecular weight excluding hydrogens is 230 g/mol. The van der Waals surface area contributed by atoms with Crippen LogP contribution < -0.4 is 0 Å². The van der Waals surface area contributed by atoms with E-state index in [1.807, 2.05) is 0 Å². The first-order chi connectivity index (χ1) is 7.98. The lowest BCUT2D eigenvalue weighted by molar-refractivity contribution is -0.217. The first kappa shape index (κ1) is 12.6. The first-order valence-corrected chi connectivity index (χ1v) is 5.33. The summed E-state index contributed by atoms with van der Waals surface area (Å²) in [5.41, 5.74) is 8.51. The van der Waals surface area contributed by atoms with Crippen molar-refractivity contribution in [1.29, 1.82) is 0 Å². The van der Waals surface area contributed by atoms with Crippen molar-refractivity contribution in [2.24, 2.45) is 5.11 Å². The fraction of sp³-hybridized carbons (Fsp3) is 1.00. The highest BCUT2D eigenvalue weighted by atomic mass is 16.8. The Morgan fingerprint density at radius 1 is 1.47 bits per heavy atom. The molecule has 8 heteroatoms. The van der Waals surface area contributed by atoms with Gasteiger partial charge in [0, 0.05) is 4.91 Å². The molecule has 0 saturated carbocycles. The van der Waals surface area contributed by atoms with Crippen LogP contribution in [-0.2, 0) is 14.2 Å². The topological polar surface area (TPSA) is 117 Å². The molecule has 0 spiro atoms. The van der Waals surface area contributed by atoms with Gasteiger partial charge in [0.1, 0.15) is 18.3 Å². The molecule has 0 aromatic rings. The highest BCUT2D eigenvalue weighted by Gasteiger charge is 2.55. The van der Waals surface area contributed by atoms with Gasteiger partial charge in [-0.3, -0.25) is 0 Å². The Labute approximate surface area is 97.7 Å². The fourth-order valence-corrected chi connectivity index (χ4v) is 2.13. The molecule has 2 saturated heterocycles. The molecule has 96 valence electrons. The van der Waals surface area contributed by atoms with E-state index < -0.39 is 43.0 Å². The molecule has 2 heterocycles. The molecule has 0 unspecified atom stereocenters. The Hall–Kier alpha value is -0.890. The molecule has 2 N–H and O–H groups in total. The van der Waals surface area contributed by atoms with Crippen LogP contribution in [0.1, 0.15) is 13.8 Å². The number of nitrogens with zero attached hydrogens (tertiary/aromatic N) is 3. The van der Waals surface area contributed by atoms with Gasteiger partial charge in [-0.25, -0.2) is 0 Å². The number of aliphatic hydroxyl groups excluding tert-OH is 2. The van der Waals surface area contributed by atoms with Gasteiger partial charge < -0.3 is 24.4 Å². The molecule has 0 radical (unpaired) electrons. The van der Waals surface area contributed by atoms with Crippen LogP contribution in [0.25, 0.3) is 10.4 Å². The fourth-order valence-electron chi connectivity index (χ4n) is 2.13. The van der Waals surface area contributed by atoms with Crippen molar-refractivity contribution in [1.82, 2.24) is 0 Å². The van der Waals surface area contributed by atoms with Gasteiger partial charge in [-0.2, -0.15) is 0 Å². The largest absolute Gasteiger partial charge is 0.394 e. The predicted molar refractivity (Wildman–Crippen MR) is 54.7 cm³/mol. The second-order valence-corrected chi connectivity index (χ2v) is 4.51. The van der Waals surface area contributed by atoms with Crippen LogP contribution in [0, 0.1) is 0 Å². The molecule has 17 heavy (non-hydrogen) atoms. The summed E-state index contributed by atoms with van der Waals surface area (Å²) in [7, 11) is 0. The second kappa shape index (κ2) is 4.41. The van der Waals surface area contributed by atoms with E-state index in [1.165, 1.54) is 0 Å². The summed E-state index contributed by atoms with van der Waals surface area (Å²) in [5, 5.41) is 22.0. The zero-order chi connectivity index (χ0) is 12.6. The van der Waals surface area contributed by atoms with Crippen molar-refractivity contribution >= 4 is 0 Å². The highest BCUT2D eigenvalue weighted by Crippen LogP contribution is 2.39. The van der Waals surface area contributed by atoms with Crippen molar-refractivity contribution in [2.75, 3.05) is 6.61 Å². The molecule has 2 aliphatic heterocycles. The third-order valence-corrected chi connectivity index (χ3v) is 2.80. The maximum absolute atomic E-state index is 9.57. The number of rotatable bonds is 3. The minimum atomic E-state index is -1.13. The van der Waals surface area contributed by atoms with Crippen molar-refractivity contribution in [2.45, 2.75) is 50.3 Å². The van der Waals surface area contributed by atoms with Crippen molar-refractivity contribution in [3.8, 4) is 0 Å². The average Bonchev–Trinajstić information content (AvgIpc) is 2.72. The predicted octanol–water partition coefficient (Wildman–Crippen LogP) is -0.105. The Kier molecular flexibility index (Phi) is 3.26. The van der Waals surface area contributed by atoms with Crippen LogP contribution in [0.5, 0.6) is 0 Å². The average molecular weight is 245 g/mol. The molecule has 2 rings (SSSR count). The number of hydrogen-bond acceptors (Lipinski definition) is 6. The summed E-state index contributed by atoms with van der Waals surface area (Å²) in [4.78, 5) is 2.71. The van der Waals surface area contributed by atoms with Gasteiger partial charge in [-0.1, -0.05) is 5.11 Å². The van der Waals surface area contributed by atoms with Crippen LogP contribution in [0.15, 0.2) is 5.11 Å². The number of aliphatic hydroxyl groups is 2. The van der Waals surface area contributed by atoms with Crippen LogP contribution in [0.2, 0.25) is 0 Å². The van der Waals surface area contributed by atoms with Crippen LogP contribution in [0.4, 0.5) is 0 Å². The summed E-state index contributed by atoms with van der Waals surface area (Å²) in [5.74, 6) is -0.812. The Bertz CT molecular complexity index is 344. The van der Waals surface area contributed by atoms with Crippen molar-refractivity contribution < 1.29 is 24.4 Å². The van der Waals surface area contributed by atoms with Gasteiger partial charge in [0.25, 0.3) is 0 Å². The molecule has 2 fully saturated rings. The third kappa shape index (κ3) is 2.23. The van der Waals surface area contributed by atoms with Gasteiger partial charge in [0.05, 0.1) is 12.6 Å². The van der Waals surface area contributed by atoms with Crippen LogP contribution >= 0.6 is 0 Å². The molecule has 8 nitrogen and oxygen atoms in total. The molecule has 2 aliphatic rings. The van der Waals surface area contributed by atoms with Crippen LogP contribution in [0.3, 0.4) is 0 Å². The standard InChI is InChI=1S/C9H15N3O5/c1-9(2)16-7-5(11-12-10)6(4(14)3-13)15-8(7)17-9/h4-8,13-14H,3H2,1-2H3/t4-,5-,6-,7-,8-/m1/s1. The minimum Gasteiger partial charge on any atom is -0.394 e. The summed E-state index contributed by atoms with van der Waals surface area (Å²) in [6, 6.07) is -0.714. The monoisotopic (exact) mass is 245 g/mol. The van der Waals surface area contributed by atoms with E-state index in [1.54, 1.807) is 13.8 Å². The van der Waals surface area contributed by atoms with Crippen LogP contribution in [-0.4, -0.2) is 53.3 Å². The van der Waals surface area contributed by atoms with Crippen molar-refractivity contribution in [3.63, 3.8) is 0 Å². The Balaban J connectivity index is 2.18. The molecule has 0 amide bonds. The molecule has 5 atom stereocenters. The van der Waals surface area contributed by atoms with E-state index >= 15 is 0 Å². The normalized spacial score (nSPS) is 40.7. The highest BCUT2D eigenvalue weighted by molar-refractivity contribution is 5.00.